The average molecular weight is 453 g/mol. The van der Waals surface area contributed by atoms with Crippen LogP contribution in [0.2, 0.25) is 0 Å². The number of halogens is 1. The average Bonchev–Trinajstić information content (AvgIpc) is 3.27. The van der Waals surface area contributed by atoms with Crippen LogP contribution in [0.1, 0.15) is 57.6 Å². The number of nitrogens with one attached hydrogen (secondary N) is 1. The van der Waals surface area contributed by atoms with Gasteiger partial charge in [-0.3, -0.25) is 4.79 Å². The molecule has 178 valence electrons. The standard InChI is InChI=1S/C28H37FN2O2/c1-20(2)19-33-27-12-8-23(9-13-27)28(30-21(3)32,18-22-6-10-25(29)11-7-22)24-14-16-31-15-4-5-26(31)17-24/h6-13,20,24,26H,4-5,14-19H2,1-3H3,(H,30,32). The zero-order valence-electron chi connectivity index (χ0n) is 20.1. The van der Waals surface area contributed by atoms with Crippen molar-refractivity contribution >= 4 is 5.91 Å². The number of hydrogen-bond acceptors (Lipinski definition) is 3. The monoisotopic (exact) mass is 452 g/mol. The molecular formula is C28H37FN2O2. The van der Waals surface area contributed by atoms with Gasteiger partial charge in [0.05, 0.1) is 12.1 Å². The zero-order valence-corrected chi connectivity index (χ0v) is 20.1. The van der Waals surface area contributed by atoms with Crippen LogP contribution in [0.5, 0.6) is 5.75 Å². The molecule has 2 heterocycles. The second-order valence-electron chi connectivity index (χ2n) is 10.2. The summed E-state index contributed by atoms with van der Waals surface area (Å²) >= 11 is 0. The van der Waals surface area contributed by atoms with Crippen molar-refractivity contribution in [3.63, 3.8) is 0 Å². The Hall–Kier alpha value is -2.40. The molecule has 2 aliphatic rings. The summed E-state index contributed by atoms with van der Waals surface area (Å²) in [4.78, 5) is 15.2. The topological polar surface area (TPSA) is 41.6 Å². The number of rotatable bonds is 8. The molecule has 0 spiro atoms. The fourth-order valence-corrected chi connectivity index (χ4v) is 5.72. The van der Waals surface area contributed by atoms with Gasteiger partial charge in [-0.15, -0.1) is 0 Å². The van der Waals surface area contributed by atoms with E-state index in [9.17, 15) is 9.18 Å². The highest BCUT2D eigenvalue weighted by Gasteiger charge is 2.45. The largest absolute Gasteiger partial charge is 0.493 e. The first-order chi connectivity index (χ1) is 15.9. The fourth-order valence-electron chi connectivity index (χ4n) is 5.72. The molecule has 2 fully saturated rings. The normalized spacial score (nSPS) is 22.6. The van der Waals surface area contributed by atoms with E-state index in [0.717, 1.165) is 36.3 Å². The molecule has 2 aromatic carbocycles. The van der Waals surface area contributed by atoms with E-state index in [0.29, 0.717) is 30.9 Å². The van der Waals surface area contributed by atoms with E-state index >= 15 is 0 Å². The quantitative estimate of drug-likeness (QED) is 0.590. The van der Waals surface area contributed by atoms with Crippen molar-refractivity contribution in [2.45, 2.75) is 64.5 Å². The van der Waals surface area contributed by atoms with E-state index in [2.05, 4.69) is 36.2 Å². The number of nitrogens with zero attached hydrogens (tertiary/aromatic N) is 1. The highest BCUT2D eigenvalue weighted by molar-refractivity contribution is 5.74. The summed E-state index contributed by atoms with van der Waals surface area (Å²) in [7, 11) is 0. The van der Waals surface area contributed by atoms with Gasteiger partial charge in [-0.1, -0.05) is 38.1 Å². The summed E-state index contributed by atoms with van der Waals surface area (Å²) in [6, 6.07) is 15.5. The maximum Gasteiger partial charge on any atom is 0.217 e. The molecule has 2 aromatic rings. The molecule has 4 rings (SSSR count). The number of carbonyl (C=O) groups is 1. The minimum absolute atomic E-state index is 0.0360. The molecular weight excluding hydrogens is 415 g/mol. The zero-order chi connectivity index (χ0) is 23.4. The van der Waals surface area contributed by atoms with E-state index in [1.807, 2.05) is 24.3 Å². The van der Waals surface area contributed by atoms with Gasteiger partial charge >= 0.3 is 0 Å². The molecule has 2 saturated heterocycles. The molecule has 4 nitrogen and oxygen atoms in total. The van der Waals surface area contributed by atoms with E-state index < -0.39 is 5.54 Å². The Balaban J connectivity index is 1.71. The van der Waals surface area contributed by atoms with Crippen LogP contribution in [-0.2, 0) is 16.8 Å². The van der Waals surface area contributed by atoms with Crippen LogP contribution in [0.3, 0.4) is 0 Å². The summed E-state index contributed by atoms with van der Waals surface area (Å²) in [5, 5.41) is 3.40. The Morgan fingerprint density at radius 1 is 1.12 bits per heavy atom. The Kier molecular flexibility index (Phi) is 7.38. The molecule has 5 heteroatoms. The number of benzene rings is 2. The van der Waals surface area contributed by atoms with Crippen molar-refractivity contribution in [2.24, 2.45) is 11.8 Å². The van der Waals surface area contributed by atoms with Gasteiger partial charge in [0.15, 0.2) is 0 Å². The molecule has 3 unspecified atom stereocenters. The van der Waals surface area contributed by atoms with Gasteiger partial charge in [0.2, 0.25) is 5.91 Å². The predicted molar refractivity (Wildman–Crippen MR) is 130 cm³/mol. The van der Waals surface area contributed by atoms with Crippen molar-refractivity contribution in [1.82, 2.24) is 10.2 Å². The molecule has 3 atom stereocenters. The van der Waals surface area contributed by atoms with Crippen LogP contribution in [0.4, 0.5) is 4.39 Å². The summed E-state index contributed by atoms with van der Waals surface area (Å²) in [5.41, 5.74) is 1.57. The second kappa shape index (κ2) is 10.3. The molecule has 2 aliphatic heterocycles. The van der Waals surface area contributed by atoms with Crippen LogP contribution in [0, 0.1) is 17.7 Å². The van der Waals surface area contributed by atoms with Gasteiger partial charge < -0.3 is 15.0 Å². The first-order valence-corrected chi connectivity index (χ1v) is 12.4. The third-order valence-electron chi connectivity index (χ3n) is 7.27. The summed E-state index contributed by atoms with van der Waals surface area (Å²) < 4.78 is 19.6. The molecule has 0 radical (unpaired) electrons. The molecule has 0 aliphatic carbocycles. The highest BCUT2D eigenvalue weighted by Crippen LogP contribution is 2.43. The predicted octanol–water partition coefficient (Wildman–Crippen LogP) is 5.31. The number of hydrogen-bond donors (Lipinski definition) is 1. The number of amides is 1. The molecule has 0 aromatic heterocycles. The smallest absolute Gasteiger partial charge is 0.217 e. The van der Waals surface area contributed by atoms with Crippen molar-refractivity contribution in [3.05, 3.63) is 65.5 Å². The maximum absolute atomic E-state index is 13.6. The van der Waals surface area contributed by atoms with Gasteiger partial charge in [0, 0.05) is 19.4 Å². The first kappa shape index (κ1) is 23.7. The summed E-state index contributed by atoms with van der Waals surface area (Å²) in [6.45, 7) is 8.79. The van der Waals surface area contributed by atoms with Crippen LogP contribution in [0.25, 0.3) is 0 Å². The highest BCUT2D eigenvalue weighted by atomic mass is 19.1. The SMILES string of the molecule is CC(=O)NC(Cc1ccc(F)cc1)(c1ccc(OCC(C)C)cc1)C1CCN2CCCC2C1. The van der Waals surface area contributed by atoms with E-state index in [-0.39, 0.29) is 11.7 Å². The van der Waals surface area contributed by atoms with Crippen molar-refractivity contribution in [1.29, 1.82) is 0 Å². The van der Waals surface area contributed by atoms with E-state index in [4.69, 9.17) is 4.74 Å². The van der Waals surface area contributed by atoms with Crippen molar-refractivity contribution in [3.8, 4) is 5.75 Å². The van der Waals surface area contributed by atoms with E-state index in [1.54, 1.807) is 6.92 Å². The summed E-state index contributed by atoms with van der Waals surface area (Å²) in [5.74, 6) is 1.32. The number of ether oxygens (including phenoxy) is 1. The van der Waals surface area contributed by atoms with Gasteiger partial charge in [-0.25, -0.2) is 4.39 Å². The maximum atomic E-state index is 13.6. The van der Waals surface area contributed by atoms with Crippen molar-refractivity contribution < 1.29 is 13.9 Å². The third kappa shape index (κ3) is 5.57. The number of carbonyl (C=O) groups excluding carboxylic acids is 1. The molecule has 0 bridgehead atoms. The number of piperidine rings is 1. The minimum Gasteiger partial charge on any atom is -0.493 e. The lowest BCUT2D eigenvalue weighted by Gasteiger charge is -2.47. The van der Waals surface area contributed by atoms with E-state index in [1.165, 1.54) is 31.5 Å². The van der Waals surface area contributed by atoms with Crippen molar-refractivity contribution in [2.75, 3.05) is 19.7 Å². The Labute approximate surface area is 197 Å². The van der Waals surface area contributed by atoms with Crippen LogP contribution < -0.4 is 10.1 Å². The van der Waals surface area contributed by atoms with Gasteiger partial charge in [-0.05, 0) is 86.0 Å². The van der Waals surface area contributed by atoms with Gasteiger partial charge in [0.25, 0.3) is 0 Å². The Morgan fingerprint density at radius 3 is 2.52 bits per heavy atom. The Morgan fingerprint density at radius 2 is 1.85 bits per heavy atom. The number of fused-ring (bicyclic) bond motifs is 1. The molecule has 1 N–H and O–H groups in total. The lowest BCUT2D eigenvalue weighted by molar-refractivity contribution is -0.122. The van der Waals surface area contributed by atoms with Crippen LogP contribution >= 0.6 is 0 Å². The molecule has 33 heavy (non-hydrogen) atoms. The minimum atomic E-state index is -0.547. The summed E-state index contributed by atoms with van der Waals surface area (Å²) in [6.07, 6.45) is 5.21. The van der Waals surface area contributed by atoms with Crippen LogP contribution in [-0.4, -0.2) is 36.5 Å². The fraction of sp³-hybridized carbons (Fsp3) is 0.536. The van der Waals surface area contributed by atoms with Gasteiger partial charge in [-0.2, -0.15) is 0 Å². The second-order valence-corrected chi connectivity index (χ2v) is 10.2. The van der Waals surface area contributed by atoms with Gasteiger partial charge in [0.1, 0.15) is 11.6 Å². The third-order valence-corrected chi connectivity index (χ3v) is 7.27. The molecule has 1 amide bonds. The first-order valence-electron chi connectivity index (χ1n) is 12.4. The lowest BCUT2D eigenvalue weighted by Crippen LogP contribution is -2.56. The molecule has 0 saturated carbocycles. The lowest BCUT2D eigenvalue weighted by atomic mass is 9.68. The Bertz CT molecular complexity index is 928. The van der Waals surface area contributed by atoms with Crippen LogP contribution in [0.15, 0.2) is 48.5 Å².